The number of non-ortho nitro benzene ring substituents is 1. The molecular weight excluding hydrogens is 406 g/mol. The van der Waals surface area contributed by atoms with Crippen LogP contribution < -0.4 is 16.8 Å². The van der Waals surface area contributed by atoms with Crippen molar-refractivity contribution in [2.75, 3.05) is 11.5 Å². The zero-order valence-corrected chi connectivity index (χ0v) is 16.2. The van der Waals surface area contributed by atoms with Crippen LogP contribution >= 0.6 is 11.6 Å². The second kappa shape index (κ2) is 9.10. The number of nitrogens with zero attached hydrogens (tertiary/aromatic N) is 4. The van der Waals surface area contributed by atoms with Gasteiger partial charge in [-0.05, 0) is 12.0 Å². The van der Waals surface area contributed by atoms with Gasteiger partial charge in [0, 0.05) is 12.1 Å². The lowest BCUT2D eigenvalue weighted by Crippen LogP contribution is -2.45. The second-order valence-electron chi connectivity index (χ2n) is 6.19. The number of rotatable bonds is 7. The predicted molar refractivity (Wildman–Crippen MR) is 103 cm³/mol. The molecule has 0 saturated carbocycles. The van der Waals surface area contributed by atoms with Gasteiger partial charge in [-0.3, -0.25) is 14.9 Å². The Morgan fingerprint density at radius 3 is 2.38 bits per heavy atom. The van der Waals surface area contributed by atoms with E-state index in [-0.39, 0.29) is 46.5 Å². The van der Waals surface area contributed by atoms with Crippen molar-refractivity contribution in [1.82, 2.24) is 20.3 Å². The maximum absolute atomic E-state index is 12.5. The van der Waals surface area contributed by atoms with Crippen LogP contribution in [0.3, 0.4) is 0 Å². The number of hydrogen-bond donors (Lipinski definition) is 3. The summed E-state index contributed by atoms with van der Waals surface area (Å²) in [7, 11) is 0. The van der Waals surface area contributed by atoms with Crippen LogP contribution in [-0.4, -0.2) is 37.8 Å². The maximum Gasteiger partial charge on any atom is 0.329 e. The molecule has 1 aromatic heterocycles. The first-order valence-electron chi connectivity index (χ1n) is 8.25. The van der Waals surface area contributed by atoms with Gasteiger partial charge in [-0.15, -0.1) is 0 Å². The minimum absolute atomic E-state index is 0.0197. The zero-order valence-electron chi connectivity index (χ0n) is 15.5. The summed E-state index contributed by atoms with van der Waals surface area (Å²) in [5.41, 5.74) is 10.6. The highest BCUT2D eigenvalue weighted by Crippen LogP contribution is 2.22. The van der Waals surface area contributed by atoms with Gasteiger partial charge in [0.25, 0.3) is 11.6 Å². The predicted octanol–water partition coefficient (Wildman–Crippen LogP) is 1.10. The third-order valence-electron chi connectivity index (χ3n) is 3.68. The Morgan fingerprint density at radius 1 is 1.24 bits per heavy atom. The number of carbonyl (C=O) groups excluding carboxylic acids is 2. The molecule has 1 amide bonds. The van der Waals surface area contributed by atoms with Crippen molar-refractivity contribution in [1.29, 1.82) is 0 Å². The van der Waals surface area contributed by atoms with Gasteiger partial charge in [0.15, 0.2) is 12.4 Å². The molecule has 0 aliphatic carbocycles. The van der Waals surface area contributed by atoms with Crippen molar-refractivity contribution in [3.05, 3.63) is 44.7 Å². The number of nitro groups is 1. The molecule has 0 bridgehead atoms. The van der Waals surface area contributed by atoms with Gasteiger partial charge in [-0.1, -0.05) is 25.4 Å². The smallest absolute Gasteiger partial charge is 0.329 e. The molecule has 12 nitrogen and oxygen atoms in total. The molecule has 0 fully saturated rings. The summed E-state index contributed by atoms with van der Waals surface area (Å²) in [6.45, 7) is 3.07. The van der Waals surface area contributed by atoms with Crippen LogP contribution in [0.4, 0.5) is 17.6 Å². The molecule has 0 saturated heterocycles. The highest BCUT2D eigenvalue weighted by Gasteiger charge is 2.27. The zero-order chi connectivity index (χ0) is 21.7. The standard InChI is InChI=1S/C16H18ClN7O5/c1-7(2)12(14(26)29-6-11-20-15(18)23-16(19)21-11)22-13(25)9-4-3-8(24(27)28)5-10(9)17/h3-5,7,12H,6H2,1-2H3,(H,22,25)(H4,18,19,20,21,23)/t12-/m0/s1. The number of esters is 1. The third-order valence-corrected chi connectivity index (χ3v) is 3.99. The molecular formula is C16H18ClN7O5. The monoisotopic (exact) mass is 423 g/mol. The van der Waals surface area contributed by atoms with Crippen molar-refractivity contribution in [2.24, 2.45) is 5.92 Å². The van der Waals surface area contributed by atoms with E-state index in [0.717, 1.165) is 12.1 Å². The molecule has 0 aliphatic rings. The number of nitrogens with one attached hydrogen (secondary N) is 1. The number of ether oxygens (including phenoxy) is 1. The molecule has 1 atom stereocenters. The van der Waals surface area contributed by atoms with E-state index in [0.29, 0.717) is 0 Å². The Bertz CT molecular complexity index is 933. The van der Waals surface area contributed by atoms with Crippen LogP contribution in [-0.2, 0) is 16.1 Å². The van der Waals surface area contributed by atoms with Gasteiger partial charge in [0.05, 0.1) is 15.5 Å². The molecule has 2 aromatic rings. The molecule has 1 aromatic carbocycles. The minimum atomic E-state index is -1.02. The number of anilines is 2. The van der Waals surface area contributed by atoms with Crippen LogP contribution in [0.25, 0.3) is 0 Å². The summed E-state index contributed by atoms with van der Waals surface area (Å²) in [5, 5.41) is 13.2. The van der Waals surface area contributed by atoms with Crippen molar-refractivity contribution in [3.8, 4) is 0 Å². The second-order valence-corrected chi connectivity index (χ2v) is 6.60. The number of nitrogens with two attached hydrogens (primary N) is 2. The fourth-order valence-corrected chi connectivity index (χ4v) is 2.53. The number of carbonyl (C=O) groups is 2. The fraction of sp³-hybridized carbons (Fsp3) is 0.312. The molecule has 0 spiro atoms. The molecule has 13 heteroatoms. The number of hydrogen-bond acceptors (Lipinski definition) is 10. The largest absolute Gasteiger partial charge is 0.456 e. The fourth-order valence-electron chi connectivity index (χ4n) is 2.27. The Kier molecular flexibility index (Phi) is 6.83. The lowest BCUT2D eigenvalue weighted by Gasteiger charge is -2.21. The number of halogens is 1. The van der Waals surface area contributed by atoms with E-state index in [1.807, 2.05) is 0 Å². The summed E-state index contributed by atoms with van der Waals surface area (Å²) in [6.07, 6.45) is 0. The highest BCUT2D eigenvalue weighted by molar-refractivity contribution is 6.34. The van der Waals surface area contributed by atoms with Crippen molar-refractivity contribution < 1.29 is 19.2 Å². The molecule has 154 valence electrons. The quantitative estimate of drug-likeness (QED) is 0.330. The van der Waals surface area contributed by atoms with E-state index < -0.39 is 22.8 Å². The molecule has 0 unspecified atom stereocenters. The van der Waals surface area contributed by atoms with Crippen LogP contribution in [0, 0.1) is 16.0 Å². The van der Waals surface area contributed by atoms with E-state index in [1.54, 1.807) is 13.8 Å². The normalized spacial score (nSPS) is 11.7. The van der Waals surface area contributed by atoms with Crippen LogP contribution in [0.2, 0.25) is 5.02 Å². The number of nitrogen functional groups attached to an aromatic ring is 2. The van der Waals surface area contributed by atoms with Crippen molar-refractivity contribution >= 4 is 41.1 Å². The van der Waals surface area contributed by atoms with E-state index in [9.17, 15) is 19.7 Å². The van der Waals surface area contributed by atoms with Gasteiger partial charge < -0.3 is 21.5 Å². The van der Waals surface area contributed by atoms with Crippen LogP contribution in [0.5, 0.6) is 0 Å². The number of aromatic nitrogens is 3. The van der Waals surface area contributed by atoms with E-state index in [2.05, 4.69) is 20.3 Å². The Balaban J connectivity index is 2.09. The van der Waals surface area contributed by atoms with Crippen LogP contribution in [0.1, 0.15) is 30.0 Å². The molecule has 29 heavy (non-hydrogen) atoms. The first kappa shape index (κ1) is 21.8. The van der Waals surface area contributed by atoms with Gasteiger partial charge in [-0.25, -0.2) is 4.79 Å². The van der Waals surface area contributed by atoms with E-state index in [4.69, 9.17) is 27.8 Å². The van der Waals surface area contributed by atoms with Gasteiger partial charge in [-0.2, -0.15) is 15.0 Å². The number of nitro benzene ring substituents is 1. The topological polar surface area (TPSA) is 189 Å². The first-order chi connectivity index (χ1) is 13.6. The van der Waals surface area contributed by atoms with E-state index >= 15 is 0 Å². The lowest BCUT2D eigenvalue weighted by atomic mass is 10.0. The third kappa shape index (κ3) is 5.72. The first-order valence-corrected chi connectivity index (χ1v) is 8.63. The molecule has 1 heterocycles. The summed E-state index contributed by atoms with van der Waals surface area (Å²) < 4.78 is 5.14. The Hall–Kier alpha value is -3.54. The molecule has 2 rings (SSSR count). The van der Waals surface area contributed by atoms with Gasteiger partial charge in [0.2, 0.25) is 11.9 Å². The summed E-state index contributed by atoms with van der Waals surface area (Å²) in [4.78, 5) is 46.2. The van der Waals surface area contributed by atoms with Gasteiger partial charge >= 0.3 is 5.97 Å². The number of benzene rings is 1. The molecule has 0 radical (unpaired) electrons. The van der Waals surface area contributed by atoms with Crippen LogP contribution in [0.15, 0.2) is 18.2 Å². The number of amides is 1. The summed E-state index contributed by atoms with van der Waals surface area (Å²) in [6, 6.07) is 2.37. The Morgan fingerprint density at radius 2 is 1.86 bits per heavy atom. The SMILES string of the molecule is CC(C)[C@H](NC(=O)c1ccc([N+](=O)[O-])cc1Cl)C(=O)OCc1nc(N)nc(N)n1. The lowest BCUT2D eigenvalue weighted by molar-refractivity contribution is -0.384. The average Bonchev–Trinajstić information content (AvgIpc) is 2.62. The van der Waals surface area contributed by atoms with Crippen molar-refractivity contribution in [2.45, 2.75) is 26.5 Å². The summed E-state index contributed by atoms with van der Waals surface area (Å²) in [5.74, 6) is -1.96. The minimum Gasteiger partial charge on any atom is -0.456 e. The van der Waals surface area contributed by atoms with E-state index in [1.165, 1.54) is 6.07 Å². The summed E-state index contributed by atoms with van der Waals surface area (Å²) >= 11 is 5.95. The molecule has 5 N–H and O–H groups in total. The van der Waals surface area contributed by atoms with Crippen molar-refractivity contribution in [3.63, 3.8) is 0 Å². The van der Waals surface area contributed by atoms with Gasteiger partial charge in [0.1, 0.15) is 6.04 Å². The average molecular weight is 424 g/mol. The highest BCUT2D eigenvalue weighted by atomic mass is 35.5. The Labute approximate surface area is 169 Å². The maximum atomic E-state index is 12.5. The molecule has 0 aliphatic heterocycles.